The molecule has 0 spiro atoms. The standard InChI is InChI=1S/C22H22FN3O3/c1-13-4-5-16(14(2)10-13)12-26-18(7-9-20(26)27)22-24-21(25-29-22)15-6-8-19(28-3)17(23)11-15/h4-6,8,10-11,18H,7,9,12H2,1-3H3. The molecular formula is C22H22FN3O3. The van der Waals surface area contributed by atoms with Crippen LogP contribution in [0.25, 0.3) is 11.4 Å². The Kier molecular flexibility index (Phi) is 5.05. The number of nitrogens with zero attached hydrogens (tertiary/aromatic N) is 3. The predicted molar refractivity (Wildman–Crippen MR) is 105 cm³/mol. The molecule has 1 unspecified atom stereocenters. The number of hydrogen-bond donors (Lipinski definition) is 0. The third-order valence-corrected chi connectivity index (χ3v) is 5.30. The molecule has 4 rings (SSSR count). The molecule has 1 aliphatic heterocycles. The Balaban J connectivity index is 1.59. The number of aryl methyl sites for hydroxylation is 2. The topological polar surface area (TPSA) is 68.5 Å². The van der Waals surface area contributed by atoms with E-state index in [2.05, 4.69) is 16.2 Å². The van der Waals surface area contributed by atoms with E-state index < -0.39 is 5.82 Å². The van der Waals surface area contributed by atoms with Crippen molar-refractivity contribution in [3.63, 3.8) is 0 Å². The van der Waals surface area contributed by atoms with Crippen LogP contribution in [0.4, 0.5) is 4.39 Å². The quantitative estimate of drug-likeness (QED) is 0.642. The van der Waals surface area contributed by atoms with Gasteiger partial charge in [-0.3, -0.25) is 4.79 Å². The maximum absolute atomic E-state index is 14.0. The van der Waals surface area contributed by atoms with Crippen LogP contribution < -0.4 is 4.74 Å². The first-order valence-corrected chi connectivity index (χ1v) is 9.49. The maximum atomic E-state index is 14.0. The molecule has 150 valence electrons. The first-order valence-electron chi connectivity index (χ1n) is 9.49. The molecular weight excluding hydrogens is 373 g/mol. The number of rotatable bonds is 5. The SMILES string of the molecule is COc1ccc(-c2noc(C3CCC(=O)N3Cc3ccc(C)cc3C)n2)cc1F. The Morgan fingerprint density at radius 1 is 1.24 bits per heavy atom. The molecule has 2 heterocycles. The Bertz CT molecular complexity index is 1060. The zero-order chi connectivity index (χ0) is 20.5. The summed E-state index contributed by atoms with van der Waals surface area (Å²) < 4.78 is 24.4. The van der Waals surface area contributed by atoms with E-state index >= 15 is 0 Å². The zero-order valence-electron chi connectivity index (χ0n) is 16.6. The number of aromatic nitrogens is 2. The van der Waals surface area contributed by atoms with E-state index in [0.717, 1.165) is 11.1 Å². The molecule has 1 aliphatic rings. The van der Waals surface area contributed by atoms with Gasteiger partial charge in [-0.25, -0.2) is 4.39 Å². The van der Waals surface area contributed by atoms with Crippen LogP contribution in [0.5, 0.6) is 5.75 Å². The van der Waals surface area contributed by atoms with Gasteiger partial charge >= 0.3 is 0 Å². The number of carbonyl (C=O) groups is 1. The Morgan fingerprint density at radius 2 is 2.07 bits per heavy atom. The highest BCUT2D eigenvalue weighted by Gasteiger charge is 2.36. The van der Waals surface area contributed by atoms with Crippen LogP contribution in [0.3, 0.4) is 0 Å². The van der Waals surface area contributed by atoms with Crippen LogP contribution in [-0.2, 0) is 11.3 Å². The minimum absolute atomic E-state index is 0.0604. The first kappa shape index (κ1) is 19.1. The molecule has 0 aliphatic carbocycles. The Hall–Kier alpha value is -3.22. The number of benzene rings is 2. The molecule has 6 nitrogen and oxygen atoms in total. The number of halogens is 1. The lowest BCUT2D eigenvalue weighted by Gasteiger charge is -2.23. The Labute approximate surface area is 168 Å². The van der Waals surface area contributed by atoms with Crippen molar-refractivity contribution in [3.8, 4) is 17.1 Å². The van der Waals surface area contributed by atoms with Gasteiger partial charge < -0.3 is 14.2 Å². The average Bonchev–Trinajstić information content (AvgIpc) is 3.31. The van der Waals surface area contributed by atoms with Crippen LogP contribution in [0.1, 0.15) is 41.5 Å². The second-order valence-corrected chi connectivity index (χ2v) is 7.31. The normalized spacial score (nSPS) is 16.5. The molecule has 0 radical (unpaired) electrons. The Morgan fingerprint density at radius 3 is 2.79 bits per heavy atom. The summed E-state index contributed by atoms with van der Waals surface area (Å²) >= 11 is 0. The monoisotopic (exact) mass is 395 g/mol. The smallest absolute Gasteiger partial charge is 0.249 e. The molecule has 29 heavy (non-hydrogen) atoms. The summed E-state index contributed by atoms with van der Waals surface area (Å²) in [5.41, 5.74) is 3.91. The van der Waals surface area contributed by atoms with Crippen LogP contribution in [-0.4, -0.2) is 28.1 Å². The van der Waals surface area contributed by atoms with Gasteiger partial charge in [0.1, 0.15) is 6.04 Å². The molecule has 1 amide bonds. The molecule has 1 fully saturated rings. The fourth-order valence-electron chi connectivity index (χ4n) is 3.69. The number of amides is 1. The van der Waals surface area contributed by atoms with Crippen molar-refractivity contribution in [2.75, 3.05) is 7.11 Å². The first-order chi connectivity index (χ1) is 14.0. The second-order valence-electron chi connectivity index (χ2n) is 7.31. The number of methoxy groups -OCH3 is 1. The summed E-state index contributed by atoms with van der Waals surface area (Å²) in [7, 11) is 1.41. The molecule has 0 N–H and O–H groups in total. The molecule has 0 bridgehead atoms. The largest absolute Gasteiger partial charge is 0.494 e. The van der Waals surface area contributed by atoms with E-state index in [4.69, 9.17) is 9.26 Å². The van der Waals surface area contributed by atoms with E-state index in [0.29, 0.717) is 30.8 Å². The maximum Gasteiger partial charge on any atom is 0.249 e. The van der Waals surface area contributed by atoms with E-state index in [1.165, 1.54) is 24.8 Å². The predicted octanol–water partition coefficient (Wildman–Crippen LogP) is 4.36. The van der Waals surface area contributed by atoms with E-state index in [-0.39, 0.29) is 23.5 Å². The average molecular weight is 395 g/mol. The van der Waals surface area contributed by atoms with Gasteiger partial charge in [-0.05, 0) is 49.6 Å². The van der Waals surface area contributed by atoms with Crippen molar-refractivity contribution in [3.05, 3.63) is 64.8 Å². The summed E-state index contributed by atoms with van der Waals surface area (Å²) in [5, 5.41) is 3.99. The zero-order valence-corrected chi connectivity index (χ0v) is 16.6. The second kappa shape index (κ2) is 7.66. The van der Waals surface area contributed by atoms with Gasteiger partial charge in [0.2, 0.25) is 17.6 Å². The van der Waals surface area contributed by atoms with Gasteiger partial charge in [0.25, 0.3) is 0 Å². The van der Waals surface area contributed by atoms with Crippen molar-refractivity contribution in [2.45, 2.75) is 39.3 Å². The van der Waals surface area contributed by atoms with Gasteiger partial charge in [0, 0.05) is 18.5 Å². The number of ether oxygens (including phenoxy) is 1. The van der Waals surface area contributed by atoms with Crippen molar-refractivity contribution >= 4 is 5.91 Å². The molecule has 1 atom stereocenters. The molecule has 3 aromatic rings. The van der Waals surface area contributed by atoms with Crippen molar-refractivity contribution < 1.29 is 18.4 Å². The van der Waals surface area contributed by atoms with Crippen molar-refractivity contribution in [1.29, 1.82) is 0 Å². The summed E-state index contributed by atoms with van der Waals surface area (Å²) in [6, 6.07) is 10.4. The van der Waals surface area contributed by atoms with Crippen LogP contribution in [0, 0.1) is 19.7 Å². The summed E-state index contributed by atoms with van der Waals surface area (Å²) in [6.45, 7) is 4.58. The number of hydrogen-bond acceptors (Lipinski definition) is 5. The van der Waals surface area contributed by atoms with Gasteiger partial charge in [0.05, 0.1) is 7.11 Å². The number of carbonyl (C=O) groups excluding carboxylic acids is 1. The van der Waals surface area contributed by atoms with Gasteiger partial charge in [-0.1, -0.05) is 28.9 Å². The molecule has 1 aromatic heterocycles. The lowest BCUT2D eigenvalue weighted by Crippen LogP contribution is -2.27. The minimum Gasteiger partial charge on any atom is -0.494 e. The van der Waals surface area contributed by atoms with E-state index in [1.807, 2.05) is 26.0 Å². The summed E-state index contributed by atoms with van der Waals surface area (Å²) in [4.78, 5) is 18.7. The summed E-state index contributed by atoms with van der Waals surface area (Å²) in [6.07, 6.45) is 1.05. The van der Waals surface area contributed by atoms with Crippen molar-refractivity contribution in [2.24, 2.45) is 0 Å². The molecule has 7 heteroatoms. The third kappa shape index (κ3) is 3.72. The van der Waals surface area contributed by atoms with Gasteiger partial charge in [-0.15, -0.1) is 0 Å². The van der Waals surface area contributed by atoms with Crippen molar-refractivity contribution in [1.82, 2.24) is 15.0 Å². The van der Waals surface area contributed by atoms with Crippen LogP contribution >= 0.6 is 0 Å². The lowest BCUT2D eigenvalue weighted by atomic mass is 10.0. The highest BCUT2D eigenvalue weighted by atomic mass is 19.1. The fraction of sp³-hybridized carbons (Fsp3) is 0.318. The van der Waals surface area contributed by atoms with Gasteiger partial charge in [0.15, 0.2) is 11.6 Å². The van der Waals surface area contributed by atoms with Crippen LogP contribution in [0.15, 0.2) is 40.9 Å². The van der Waals surface area contributed by atoms with E-state index in [9.17, 15) is 9.18 Å². The van der Waals surface area contributed by atoms with Crippen LogP contribution in [0.2, 0.25) is 0 Å². The highest BCUT2D eigenvalue weighted by molar-refractivity contribution is 5.79. The minimum atomic E-state index is -0.496. The summed E-state index contributed by atoms with van der Waals surface area (Å²) in [5.74, 6) is 0.367. The highest BCUT2D eigenvalue weighted by Crippen LogP contribution is 2.35. The molecule has 0 saturated carbocycles. The lowest BCUT2D eigenvalue weighted by molar-refractivity contribution is -0.130. The molecule has 1 saturated heterocycles. The fourth-order valence-corrected chi connectivity index (χ4v) is 3.69. The molecule has 2 aromatic carbocycles. The van der Waals surface area contributed by atoms with E-state index in [1.54, 1.807) is 11.0 Å². The third-order valence-electron chi connectivity index (χ3n) is 5.30. The number of likely N-dealkylation sites (tertiary alicyclic amines) is 1. The van der Waals surface area contributed by atoms with Gasteiger partial charge in [-0.2, -0.15) is 4.98 Å².